The summed E-state index contributed by atoms with van der Waals surface area (Å²) in [5.41, 5.74) is 0. The van der Waals surface area contributed by atoms with Crippen LogP contribution in [-0.2, 0) is 34.1 Å². The van der Waals surface area contributed by atoms with E-state index in [2.05, 4.69) is 71.0 Å². The van der Waals surface area contributed by atoms with E-state index in [4.69, 9.17) is 15.3 Å². The first kappa shape index (κ1) is 45.3. The topological polar surface area (TPSA) is 73.7 Å². The Kier molecular flexibility index (Phi) is 51.6. The van der Waals surface area contributed by atoms with Crippen LogP contribution in [0.15, 0.2) is 0 Å². The SMILES string of the molecule is CCN(C)C.CN(C)C.CN(C)CCCN(C)C.OC(O)C1CCCCC1.[CH2-]O.[Cu+2].[Cu]. The fraction of sp³-hybridized carbons (Fsp3) is 0.955. The summed E-state index contributed by atoms with van der Waals surface area (Å²) in [6.07, 6.45) is 5.80. The Labute approximate surface area is 216 Å². The first-order chi connectivity index (χ1) is 13.4. The Bertz CT molecular complexity index is 271. The average molecular weight is 551 g/mol. The van der Waals surface area contributed by atoms with Gasteiger partial charge in [-0.15, -0.1) is 0 Å². The maximum absolute atomic E-state index is 8.73. The summed E-state index contributed by atoms with van der Waals surface area (Å²) in [6, 6.07) is 0. The zero-order valence-corrected chi connectivity index (χ0v) is 23.8. The first-order valence-electron chi connectivity index (χ1n) is 10.7. The Morgan fingerprint density at radius 2 is 1.03 bits per heavy atom. The van der Waals surface area contributed by atoms with Crippen LogP contribution in [0.2, 0.25) is 0 Å². The van der Waals surface area contributed by atoms with E-state index in [9.17, 15) is 0 Å². The average Bonchev–Trinajstić information content (AvgIpc) is 2.64. The van der Waals surface area contributed by atoms with Crippen LogP contribution in [-0.4, -0.2) is 124 Å². The van der Waals surface area contributed by atoms with Crippen LogP contribution < -0.4 is 0 Å². The van der Waals surface area contributed by atoms with Gasteiger partial charge < -0.3 is 34.9 Å². The largest absolute Gasteiger partial charge is 2.00 e. The van der Waals surface area contributed by atoms with Crippen molar-refractivity contribution >= 4 is 0 Å². The predicted molar refractivity (Wildman–Crippen MR) is 128 cm³/mol. The fourth-order valence-electron chi connectivity index (χ4n) is 2.14. The van der Waals surface area contributed by atoms with Gasteiger partial charge in [-0.2, -0.15) is 0 Å². The van der Waals surface area contributed by atoms with Crippen LogP contribution >= 0.6 is 0 Å². The van der Waals surface area contributed by atoms with Crippen LogP contribution in [0.25, 0.3) is 0 Å². The molecule has 1 aliphatic rings. The third kappa shape index (κ3) is 59.0. The van der Waals surface area contributed by atoms with Crippen molar-refractivity contribution in [1.29, 1.82) is 0 Å². The number of aliphatic hydroxyl groups is 3. The van der Waals surface area contributed by atoms with E-state index in [0.29, 0.717) is 0 Å². The molecule has 9 heteroatoms. The summed E-state index contributed by atoms with van der Waals surface area (Å²) in [5, 5.41) is 24.2. The monoisotopic (exact) mass is 549 g/mol. The van der Waals surface area contributed by atoms with Gasteiger partial charge in [0, 0.05) is 23.0 Å². The summed E-state index contributed by atoms with van der Waals surface area (Å²) in [4.78, 5) is 8.55. The van der Waals surface area contributed by atoms with E-state index < -0.39 is 6.29 Å². The third-order valence-corrected chi connectivity index (χ3v) is 3.91. The number of nitrogens with zero attached hydrogens (tertiary/aromatic N) is 4. The standard InChI is InChI=1S/C7H18N2.C7H14O2.C4H11N.C3H9N.CH3O.2Cu/c1-8(2)6-5-7-9(3)4;8-7(9)6-4-2-1-3-5-6;1-4-5(2)3;1-4(2)3;1-2;;/h5-7H2,1-4H3;6-9H,1-5H2;4H2,1-3H3;1-3H3;2H,1H2;;/q;;;;-1;;+2. The molecule has 1 rings (SSSR count). The Hall–Kier alpha value is 0.759. The van der Waals surface area contributed by atoms with Crippen molar-refractivity contribution in [3.63, 3.8) is 0 Å². The molecule has 31 heavy (non-hydrogen) atoms. The van der Waals surface area contributed by atoms with Crippen LogP contribution in [0.3, 0.4) is 0 Å². The first-order valence-corrected chi connectivity index (χ1v) is 10.7. The molecule has 1 fully saturated rings. The number of hydrogen-bond donors (Lipinski definition) is 3. The smallest absolute Gasteiger partial charge is 0.569 e. The van der Waals surface area contributed by atoms with Crippen molar-refractivity contribution in [1.82, 2.24) is 19.6 Å². The number of aliphatic hydroxyl groups excluding tert-OH is 2. The van der Waals surface area contributed by atoms with Gasteiger partial charge >= 0.3 is 17.1 Å². The minimum absolute atomic E-state index is 0. The second kappa shape index (κ2) is 35.4. The third-order valence-electron chi connectivity index (χ3n) is 3.91. The van der Waals surface area contributed by atoms with E-state index in [-0.39, 0.29) is 40.1 Å². The van der Waals surface area contributed by atoms with E-state index in [1.54, 1.807) is 0 Å². The van der Waals surface area contributed by atoms with Gasteiger partial charge in [0.05, 0.1) is 0 Å². The van der Waals surface area contributed by atoms with Crippen molar-refractivity contribution in [2.75, 3.05) is 83.1 Å². The van der Waals surface area contributed by atoms with E-state index >= 15 is 0 Å². The molecule has 0 amide bonds. The summed E-state index contributed by atoms with van der Waals surface area (Å²) in [5.74, 6) is 0.166. The number of rotatable bonds is 6. The van der Waals surface area contributed by atoms with Gasteiger partial charge in [-0.05, 0) is 102 Å². The van der Waals surface area contributed by atoms with Crippen molar-refractivity contribution < 1.29 is 49.5 Å². The van der Waals surface area contributed by atoms with Crippen LogP contribution in [0.1, 0.15) is 45.4 Å². The van der Waals surface area contributed by atoms with Gasteiger partial charge in [0.2, 0.25) is 0 Å². The normalized spacial score (nSPS) is 12.9. The molecule has 1 saturated carbocycles. The Morgan fingerprint density at radius 3 is 1.19 bits per heavy atom. The van der Waals surface area contributed by atoms with Crippen molar-refractivity contribution in [2.45, 2.75) is 51.7 Å². The van der Waals surface area contributed by atoms with Gasteiger partial charge in [0.1, 0.15) is 0 Å². The second-order valence-corrected chi connectivity index (χ2v) is 8.51. The molecule has 0 aromatic rings. The zero-order chi connectivity index (χ0) is 23.8. The maximum Gasteiger partial charge on any atom is 2.00 e. The van der Waals surface area contributed by atoms with Gasteiger partial charge in [0.15, 0.2) is 6.29 Å². The summed E-state index contributed by atoms with van der Waals surface area (Å²) < 4.78 is 0. The molecule has 0 heterocycles. The molecule has 0 atom stereocenters. The molecule has 0 aromatic carbocycles. The molecule has 202 valence electrons. The minimum Gasteiger partial charge on any atom is -0.569 e. The van der Waals surface area contributed by atoms with Gasteiger partial charge in [0.25, 0.3) is 0 Å². The molecule has 0 saturated heterocycles. The fourth-order valence-corrected chi connectivity index (χ4v) is 2.14. The van der Waals surface area contributed by atoms with Crippen LogP contribution in [0, 0.1) is 13.0 Å². The van der Waals surface area contributed by atoms with Crippen LogP contribution in [0.5, 0.6) is 0 Å². The molecule has 0 aliphatic heterocycles. The molecule has 1 aliphatic carbocycles. The molecule has 0 aromatic heterocycles. The Balaban J connectivity index is -0.0000000670. The van der Waals surface area contributed by atoms with Gasteiger partial charge in [-0.1, -0.05) is 26.2 Å². The van der Waals surface area contributed by atoms with E-state index in [1.165, 1.54) is 38.8 Å². The molecule has 7 nitrogen and oxygen atoms in total. The molecule has 2 radical (unpaired) electrons. The summed E-state index contributed by atoms with van der Waals surface area (Å²) in [7, 11) is 20.8. The summed E-state index contributed by atoms with van der Waals surface area (Å²) in [6.45, 7) is 5.65. The van der Waals surface area contributed by atoms with Crippen molar-refractivity contribution in [3.05, 3.63) is 7.11 Å². The van der Waals surface area contributed by atoms with Crippen LogP contribution in [0.4, 0.5) is 0 Å². The molecular weight excluding hydrogens is 495 g/mol. The second-order valence-electron chi connectivity index (χ2n) is 8.51. The molecule has 0 spiro atoms. The Morgan fingerprint density at radius 1 is 0.742 bits per heavy atom. The predicted octanol–water partition coefficient (Wildman–Crippen LogP) is 2.27. The maximum atomic E-state index is 8.73. The molecule has 0 bridgehead atoms. The summed E-state index contributed by atoms with van der Waals surface area (Å²) >= 11 is 0. The number of hydrogen-bond acceptors (Lipinski definition) is 7. The minimum atomic E-state index is -1.06. The zero-order valence-electron chi connectivity index (χ0n) is 22.0. The molecule has 3 N–H and O–H groups in total. The van der Waals surface area contributed by atoms with E-state index in [0.717, 1.165) is 19.4 Å². The van der Waals surface area contributed by atoms with E-state index in [1.807, 2.05) is 26.0 Å². The van der Waals surface area contributed by atoms with Crippen molar-refractivity contribution in [3.8, 4) is 0 Å². The molecular formula is C22H55Cu2N4O3+. The molecule has 0 unspecified atom stereocenters. The van der Waals surface area contributed by atoms with Gasteiger partial charge in [-0.25, -0.2) is 7.11 Å². The van der Waals surface area contributed by atoms with Crippen molar-refractivity contribution in [2.24, 2.45) is 5.92 Å². The van der Waals surface area contributed by atoms with Gasteiger partial charge in [-0.3, -0.25) is 0 Å². The quantitative estimate of drug-likeness (QED) is 0.266.